The molecule has 4 nitrogen and oxygen atoms in total. The molecule has 0 bridgehead atoms. The molecule has 2 aliphatic rings. The van der Waals surface area contributed by atoms with Crippen LogP contribution in [0, 0.1) is 12.7 Å². The van der Waals surface area contributed by atoms with Gasteiger partial charge in [-0.25, -0.2) is 12.8 Å². The Hall–Kier alpha value is -0.980. The van der Waals surface area contributed by atoms with E-state index in [9.17, 15) is 12.8 Å². The third kappa shape index (κ3) is 3.50. The van der Waals surface area contributed by atoms with Crippen LogP contribution >= 0.6 is 0 Å². The van der Waals surface area contributed by atoms with Crippen LogP contribution in [0.1, 0.15) is 30.4 Å². The standard InChI is InChI=1S/C16H22FNO3S/c1-12-2-3-14(17)8-13(12)10-18-15-4-6-21-16(9-15)5-7-22(19,20)11-16/h2-3,8,15,18H,4-7,9-11H2,1H3/t15-,16-/m1/s1. The summed E-state index contributed by atoms with van der Waals surface area (Å²) in [7, 11) is -2.96. The van der Waals surface area contributed by atoms with Gasteiger partial charge in [0.15, 0.2) is 9.84 Å². The summed E-state index contributed by atoms with van der Waals surface area (Å²) in [5.74, 6) is 0.132. The van der Waals surface area contributed by atoms with Gasteiger partial charge in [-0.05, 0) is 49.4 Å². The van der Waals surface area contributed by atoms with Gasteiger partial charge in [0.2, 0.25) is 0 Å². The van der Waals surface area contributed by atoms with Crippen LogP contribution in [0.3, 0.4) is 0 Å². The lowest BCUT2D eigenvalue weighted by molar-refractivity contribution is -0.0705. The van der Waals surface area contributed by atoms with Gasteiger partial charge < -0.3 is 10.1 Å². The van der Waals surface area contributed by atoms with Crippen LogP contribution in [0.15, 0.2) is 18.2 Å². The van der Waals surface area contributed by atoms with Gasteiger partial charge in [-0.15, -0.1) is 0 Å². The van der Waals surface area contributed by atoms with Crippen LogP contribution in [0.4, 0.5) is 4.39 Å². The highest BCUT2D eigenvalue weighted by molar-refractivity contribution is 7.91. The third-order valence-corrected chi connectivity index (χ3v) is 6.53. The highest BCUT2D eigenvalue weighted by Gasteiger charge is 2.46. The molecule has 0 amide bonds. The number of hydrogen-bond acceptors (Lipinski definition) is 4. The highest BCUT2D eigenvalue weighted by atomic mass is 32.2. The number of aryl methyl sites for hydroxylation is 1. The minimum Gasteiger partial charge on any atom is -0.374 e. The summed E-state index contributed by atoms with van der Waals surface area (Å²) in [6.07, 6.45) is 2.16. The first-order valence-corrected chi connectivity index (χ1v) is 9.52. The molecule has 22 heavy (non-hydrogen) atoms. The maximum atomic E-state index is 13.3. The normalized spacial score (nSPS) is 30.7. The predicted octanol–water partition coefficient (Wildman–Crippen LogP) is 1.96. The van der Waals surface area contributed by atoms with Crippen LogP contribution in [-0.4, -0.2) is 38.2 Å². The second-order valence-corrected chi connectivity index (χ2v) is 8.70. The molecule has 1 spiro atoms. The molecule has 2 aliphatic heterocycles. The number of halogens is 1. The van der Waals surface area contributed by atoms with E-state index in [4.69, 9.17) is 4.74 Å². The molecule has 122 valence electrons. The molecular weight excluding hydrogens is 305 g/mol. The van der Waals surface area contributed by atoms with Crippen molar-refractivity contribution in [2.45, 2.75) is 44.4 Å². The average molecular weight is 327 g/mol. The molecule has 1 N–H and O–H groups in total. The average Bonchev–Trinajstić information content (AvgIpc) is 2.75. The summed E-state index contributed by atoms with van der Waals surface area (Å²) in [6, 6.07) is 5.01. The van der Waals surface area contributed by atoms with Crippen molar-refractivity contribution in [1.29, 1.82) is 0 Å². The van der Waals surface area contributed by atoms with Gasteiger partial charge in [-0.1, -0.05) is 6.07 Å². The summed E-state index contributed by atoms with van der Waals surface area (Å²) >= 11 is 0. The molecule has 2 atom stereocenters. The monoisotopic (exact) mass is 327 g/mol. The molecule has 2 saturated heterocycles. The van der Waals surface area contributed by atoms with Crippen LogP contribution in [0.25, 0.3) is 0 Å². The zero-order chi connectivity index (χ0) is 15.8. The number of sulfone groups is 1. The number of benzene rings is 1. The van der Waals surface area contributed by atoms with Gasteiger partial charge in [-0.3, -0.25) is 0 Å². The Balaban J connectivity index is 1.63. The molecule has 0 saturated carbocycles. The van der Waals surface area contributed by atoms with Crippen molar-refractivity contribution in [2.24, 2.45) is 0 Å². The number of rotatable bonds is 3. The summed E-state index contributed by atoms with van der Waals surface area (Å²) < 4.78 is 42.6. The fourth-order valence-corrected chi connectivity index (χ4v) is 5.42. The van der Waals surface area contributed by atoms with Crippen molar-refractivity contribution in [3.63, 3.8) is 0 Å². The van der Waals surface area contributed by atoms with Gasteiger partial charge in [0, 0.05) is 19.2 Å². The second-order valence-electron chi connectivity index (χ2n) is 6.51. The number of ether oxygens (including phenoxy) is 1. The maximum Gasteiger partial charge on any atom is 0.153 e. The van der Waals surface area contributed by atoms with Gasteiger partial charge in [0.05, 0.1) is 17.1 Å². The molecule has 0 radical (unpaired) electrons. The summed E-state index contributed by atoms with van der Waals surface area (Å²) in [5, 5.41) is 3.44. The van der Waals surface area contributed by atoms with E-state index in [-0.39, 0.29) is 23.4 Å². The first-order chi connectivity index (χ1) is 10.4. The van der Waals surface area contributed by atoms with Gasteiger partial charge in [0.1, 0.15) is 5.82 Å². The Morgan fingerprint density at radius 1 is 1.45 bits per heavy atom. The highest BCUT2D eigenvalue weighted by Crippen LogP contribution is 2.35. The van der Waals surface area contributed by atoms with Crippen molar-refractivity contribution in [3.05, 3.63) is 35.1 Å². The minimum absolute atomic E-state index is 0.136. The van der Waals surface area contributed by atoms with Crippen molar-refractivity contribution in [3.8, 4) is 0 Å². The lowest BCUT2D eigenvalue weighted by Crippen LogP contribution is -2.47. The van der Waals surface area contributed by atoms with E-state index >= 15 is 0 Å². The quantitative estimate of drug-likeness (QED) is 0.922. The SMILES string of the molecule is Cc1ccc(F)cc1CN[C@@H]1CCO[C@]2(CCS(=O)(=O)C2)C1. The zero-order valence-corrected chi connectivity index (χ0v) is 13.6. The zero-order valence-electron chi connectivity index (χ0n) is 12.8. The van der Waals surface area contributed by atoms with Gasteiger partial charge in [-0.2, -0.15) is 0 Å². The lowest BCUT2D eigenvalue weighted by Gasteiger charge is -2.37. The third-order valence-electron chi connectivity index (χ3n) is 4.74. The molecule has 2 fully saturated rings. The molecule has 1 aromatic rings. The Labute approximate surface area is 131 Å². The predicted molar refractivity (Wildman–Crippen MR) is 83.0 cm³/mol. The first kappa shape index (κ1) is 15.9. The van der Waals surface area contributed by atoms with Crippen LogP contribution in [0.5, 0.6) is 0 Å². The van der Waals surface area contributed by atoms with E-state index in [2.05, 4.69) is 5.32 Å². The lowest BCUT2D eigenvalue weighted by atomic mass is 9.89. The second kappa shape index (κ2) is 5.91. The maximum absolute atomic E-state index is 13.3. The molecule has 3 rings (SSSR count). The van der Waals surface area contributed by atoms with E-state index in [1.807, 2.05) is 6.92 Å². The smallest absolute Gasteiger partial charge is 0.153 e. The van der Waals surface area contributed by atoms with Crippen molar-refractivity contribution in [2.75, 3.05) is 18.1 Å². The Bertz CT molecular complexity index is 661. The molecule has 1 aromatic carbocycles. The first-order valence-electron chi connectivity index (χ1n) is 7.70. The van der Waals surface area contributed by atoms with Gasteiger partial charge >= 0.3 is 0 Å². The van der Waals surface area contributed by atoms with E-state index < -0.39 is 15.4 Å². The number of nitrogens with one attached hydrogen (secondary N) is 1. The molecule has 2 heterocycles. The Kier molecular flexibility index (Phi) is 4.27. The molecule has 0 unspecified atom stereocenters. The molecule has 0 aliphatic carbocycles. The van der Waals surface area contributed by atoms with Crippen molar-refractivity contribution in [1.82, 2.24) is 5.32 Å². The molecular formula is C16H22FNO3S. The van der Waals surface area contributed by atoms with E-state index in [1.165, 1.54) is 6.07 Å². The summed E-state index contributed by atoms with van der Waals surface area (Å²) in [6.45, 7) is 3.14. The summed E-state index contributed by atoms with van der Waals surface area (Å²) in [4.78, 5) is 0. The fourth-order valence-electron chi connectivity index (χ4n) is 3.45. The van der Waals surface area contributed by atoms with Gasteiger partial charge in [0.25, 0.3) is 0 Å². The van der Waals surface area contributed by atoms with Crippen LogP contribution < -0.4 is 5.32 Å². The van der Waals surface area contributed by atoms with Crippen molar-refractivity contribution >= 4 is 9.84 Å². The Morgan fingerprint density at radius 2 is 2.27 bits per heavy atom. The summed E-state index contributed by atoms with van der Waals surface area (Å²) in [5.41, 5.74) is 1.49. The van der Waals surface area contributed by atoms with E-state index in [0.29, 0.717) is 26.0 Å². The molecule has 6 heteroatoms. The number of hydrogen-bond donors (Lipinski definition) is 1. The largest absolute Gasteiger partial charge is 0.374 e. The van der Waals surface area contributed by atoms with Crippen LogP contribution in [0.2, 0.25) is 0 Å². The van der Waals surface area contributed by atoms with E-state index in [1.54, 1.807) is 12.1 Å². The minimum atomic E-state index is -2.96. The fraction of sp³-hybridized carbons (Fsp3) is 0.625. The van der Waals surface area contributed by atoms with Crippen LogP contribution in [-0.2, 0) is 21.1 Å². The van der Waals surface area contributed by atoms with E-state index in [0.717, 1.165) is 17.5 Å². The topological polar surface area (TPSA) is 55.4 Å². The Morgan fingerprint density at radius 3 is 3.00 bits per heavy atom. The van der Waals surface area contributed by atoms with Crippen molar-refractivity contribution < 1.29 is 17.5 Å². The molecule has 0 aromatic heterocycles.